The average molecular weight is 323 g/mol. The summed E-state index contributed by atoms with van der Waals surface area (Å²) < 4.78 is 1.66. The van der Waals surface area contributed by atoms with E-state index in [1.807, 2.05) is 19.1 Å². The van der Waals surface area contributed by atoms with Crippen molar-refractivity contribution in [3.8, 4) is 12.1 Å². The number of aromatic nitrogens is 1. The molecule has 0 aliphatic carbocycles. The van der Waals surface area contributed by atoms with E-state index < -0.39 is 0 Å². The van der Waals surface area contributed by atoms with Gasteiger partial charge in [-0.15, -0.1) is 0 Å². The fourth-order valence-electron chi connectivity index (χ4n) is 1.99. The Bertz CT molecular complexity index is 852. The zero-order valence-corrected chi connectivity index (χ0v) is 13.1. The Morgan fingerprint density at radius 1 is 1.17 bits per heavy atom. The summed E-state index contributed by atoms with van der Waals surface area (Å²) in [5, 5.41) is 29.1. The number of nitriles is 2. The molecule has 0 atom stereocenters. The van der Waals surface area contributed by atoms with E-state index in [4.69, 9.17) is 22.1 Å². The standard InChI is InChI=1S/C18H12ClN3O/c1-13-3-2-8-22(12-13)17(9-14(10-20)11-21)18(23)15-4-6-16(19)7-5-15/h2-9,12H,1H3/p+1. The fraction of sp³-hybridized carbons (Fsp3) is 0.0556. The first-order valence-corrected chi connectivity index (χ1v) is 7.12. The highest BCUT2D eigenvalue weighted by Crippen LogP contribution is 2.20. The topological polar surface area (TPSA) is 71.7 Å². The Morgan fingerprint density at radius 3 is 2.39 bits per heavy atom. The van der Waals surface area contributed by atoms with Gasteiger partial charge < -0.3 is 5.11 Å². The summed E-state index contributed by atoms with van der Waals surface area (Å²) in [4.78, 5) is 0. The van der Waals surface area contributed by atoms with Crippen LogP contribution >= 0.6 is 11.6 Å². The molecule has 23 heavy (non-hydrogen) atoms. The van der Waals surface area contributed by atoms with Crippen LogP contribution in [0.1, 0.15) is 11.1 Å². The van der Waals surface area contributed by atoms with Gasteiger partial charge in [-0.25, -0.2) is 0 Å². The van der Waals surface area contributed by atoms with Crippen LogP contribution in [-0.4, -0.2) is 5.11 Å². The minimum atomic E-state index is -0.102. The van der Waals surface area contributed by atoms with Crippen molar-refractivity contribution in [2.75, 3.05) is 0 Å². The number of nitrogens with zero attached hydrogens (tertiary/aromatic N) is 3. The number of aliphatic hydroxyl groups excluding tert-OH is 1. The number of rotatable bonds is 3. The second-order valence-electron chi connectivity index (χ2n) is 4.81. The van der Waals surface area contributed by atoms with Gasteiger partial charge >= 0.3 is 0 Å². The van der Waals surface area contributed by atoms with Gasteiger partial charge in [-0.05, 0) is 37.3 Å². The molecule has 0 unspecified atom stereocenters. The zero-order chi connectivity index (χ0) is 16.8. The van der Waals surface area contributed by atoms with Crippen LogP contribution in [0.3, 0.4) is 0 Å². The Hall–Kier alpha value is -3.08. The minimum absolute atomic E-state index is 0.0553. The molecule has 2 rings (SSSR count). The molecule has 1 aromatic heterocycles. The van der Waals surface area contributed by atoms with Crippen LogP contribution in [0.15, 0.2) is 60.4 Å². The summed E-state index contributed by atoms with van der Waals surface area (Å²) >= 11 is 5.86. The van der Waals surface area contributed by atoms with E-state index in [1.54, 1.807) is 53.4 Å². The fourth-order valence-corrected chi connectivity index (χ4v) is 2.12. The number of aryl methyl sites for hydroxylation is 1. The Kier molecular flexibility index (Phi) is 5.15. The van der Waals surface area contributed by atoms with Crippen molar-refractivity contribution >= 4 is 23.1 Å². The predicted molar refractivity (Wildman–Crippen MR) is 87.9 cm³/mol. The van der Waals surface area contributed by atoms with Crippen molar-refractivity contribution in [3.63, 3.8) is 0 Å². The summed E-state index contributed by atoms with van der Waals surface area (Å²) in [7, 11) is 0. The summed E-state index contributed by atoms with van der Waals surface area (Å²) in [5.41, 5.74) is 1.73. The first-order chi connectivity index (χ1) is 11.0. The lowest BCUT2D eigenvalue weighted by Gasteiger charge is -2.04. The van der Waals surface area contributed by atoms with E-state index in [0.717, 1.165) is 5.56 Å². The summed E-state index contributed by atoms with van der Waals surface area (Å²) in [5.74, 6) is -0.0553. The van der Waals surface area contributed by atoms with Gasteiger partial charge in [0.15, 0.2) is 18.2 Å². The van der Waals surface area contributed by atoms with Crippen LogP contribution in [0.2, 0.25) is 5.02 Å². The number of benzene rings is 1. The lowest BCUT2D eigenvalue weighted by atomic mass is 10.1. The largest absolute Gasteiger partial charge is 0.502 e. The van der Waals surface area contributed by atoms with Crippen molar-refractivity contribution in [2.45, 2.75) is 6.92 Å². The maximum Gasteiger partial charge on any atom is 0.255 e. The number of aliphatic hydroxyl groups is 1. The zero-order valence-electron chi connectivity index (χ0n) is 12.4. The molecule has 0 aliphatic rings. The van der Waals surface area contributed by atoms with E-state index in [0.29, 0.717) is 16.3 Å². The molecule has 0 fully saturated rings. The third-order valence-corrected chi connectivity index (χ3v) is 3.36. The van der Waals surface area contributed by atoms with Crippen LogP contribution in [0.5, 0.6) is 0 Å². The third kappa shape index (κ3) is 3.97. The monoisotopic (exact) mass is 322 g/mol. The highest BCUT2D eigenvalue weighted by atomic mass is 35.5. The number of pyridine rings is 1. The maximum atomic E-state index is 10.6. The first-order valence-electron chi connectivity index (χ1n) is 6.74. The van der Waals surface area contributed by atoms with E-state index in [9.17, 15) is 5.11 Å². The van der Waals surface area contributed by atoms with Crippen molar-refractivity contribution < 1.29 is 9.67 Å². The van der Waals surface area contributed by atoms with Gasteiger partial charge in [-0.1, -0.05) is 11.6 Å². The molecule has 0 amide bonds. The minimum Gasteiger partial charge on any atom is -0.502 e. The summed E-state index contributed by atoms with van der Waals surface area (Å²) in [6.07, 6.45) is 4.88. The normalized spacial score (nSPS) is 11.0. The quantitative estimate of drug-likeness (QED) is 0.404. The number of halogens is 1. The molecule has 1 N–H and O–H groups in total. The molecule has 112 valence electrons. The van der Waals surface area contributed by atoms with E-state index in [1.165, 1.54) is 6.08 Å². The lowest BCUT2D eigenvalue weighted by Crippen LogP contribution is -2.32. The molecule has 0 radical (unpaired) electrons. The van der Waals surface area contributed by atoms with Gasteiger partial charge in [0.05, 0.1) is 0 Å². The smallest absolute Gasteiger partial charge is 0.255 e. The van der Waals surface area contributed by atoms with Gasteiger partial charge in [0, 0.05) is 28.3 Å². The average Bonchev–Trinajstić information content (AvgIpc) is 2.56. The molecule has 1 heterocycles. The van der Waals surface area contributed by atoms with Crippen LogP contribution in [0.4, 0.5) is 0 Å². The molecule has 5 heteroatoms. The Morgan fingerprint density at radius 2 is 1.83 bits per heavy atom. The number of allylic oxidation sites excluding steroid dienone is 3. The third-order valence-electron chi connectivity index (χ3n) is 3.11. The number of hydrogen-bond donors (Lipinski definition) is 1. The molecule has 1 aromatic carbocycles. The Labute approximate surface area is 139 Å². The molecule has 2 aromatic rings. The SMILES string of the molecule is Cc1ccc[n+](C(C=C(C#N)C#N)=C(O)c2ccc(Cl)cc2)c1. The molecule has 4 nitrogen and oxygen atoms in total. The second-order valence-corrected chi connectivity index (χ2v) is 5.25. The summed E-state index contributed by atoms with van der Waals surface area (Å²) in [6, 6.07) is 14.0. The van der Waals surface area contributed by atoms with Gasteiger partial charge in [0.25, 0.3) is 5.70 Å². The molecule has 0 bridgehead atoms. The van der Waals surface area contributed by atoms with Crippen molar-refractivity contribution in [3.05, 3.63) is 76.6 Å². The van der Waals surface area contributed by atoms with Crippen LogP contribution in [-0.2, 0) is 0 Å². The highest BCUT2D eigenvalue weighted by molar-refractivity contribution is 6.30. The van der Waals surface area contributed by atoms with E-state index in [-0.39, 0.29) is 11.3 Å². The van der Waals surface area contributed by atoms with Gasteiger partial charge in [-0.2, -0.15) is 15.1 Å². The molecule has 0 aliphatic heterocycles. The molecule has 0 saturated heterocycles. The van der Waals surface area contributed by atoms with Gasteiger partial charge in [-0.3, -0.25) is 0 Å². The van der Waals surface area contributed by atoms with Crippen molar-refractivity contribution in [1.82, 2.24) is 0 Å². The van der Waals surface area contributed by atoms with E-state index in [2.05, 4.69) is 0 Å². The molecular weight excluding hydrogens is 310 g/mol. The summed E-state index contributed by atoms with van der Waals surface area (Å²) in [6.45, 7) is 1.91. The molecule has 0 saturated carbocycles. The van der Waals surface area contributed by atoms with Crippen molar-refractivity contribution in [2.24, 2.45) is 0 Å². The molecule has 0 spiro atoms. The number of hydrogen-bond acceptors (Lipinski definition) is 3. The molecular formula is C18H13ClN3O+. The van der Waals surface area contributed by atoms with Crippen LogP contribution < -0.4 is 4.57 Å². The predicted octanol–water partition coefficient (Wildman–Crippen LogP) is 3.79. The first kappa shape index (κ1) is 16.3. The second kappa shape index (κ2) is 7.26. The lowest BCUT2D eigenvalue weighted by molar-refractivity contribution is -0.578. The van der Waals surface area contributed by atoms with Gasteiger partial charge in [0.2, 0.25) is 0 Å². The maximum absolute atomic E-state index is 10.6. The van der Waals surface area contributed by atoms with Crippen molar-refractivity contribution in [1.29, 1.82) is 10.5 Å². The van der Waals surface area contributed by atoms with E-state index >= 15 is 0 Å². The van der Waals surface area contributed by atoms with Crippen LogP contribution in [0.25, 0.3) is 11.5 Å². The van der Waals surface area contributed by atoms with Gasteiger partial charge in [0.1, 0.15) is 17.7 Å². The Balaban J connectivity index is 2.69. The highest BCUT2D eigenvalue weighted by Gasteiger charge is 2.17. The van der Waals surface area contributed by atoms with Crippen LogP contribution in [0, 0.1) is 29.6 Å².